The van der Waals surface area contributed by atoms with Crippen LogP contribution in [0.4, 0.5) is 0 Å². The summed E-state index contributed by atoms with van der Waals surface area (Å²) in [6.07, 6.45) is 7.54. The molecule has 0 amide bonds. The van der Waals surface area contributed by atoms with E-state index in [2.05, 4.69) is 23.8 Å². The van der Waals surface area contributed by atoms with Crippen LogP contribution in [0.1, 0.15) is 44.0 Å². The Morgan fingerprint density at radius 1 is 1.31 bits per heavy atom. The van der Waals surface area contributed by atoms with Gasteiger partial charge < -0.3 is 0 Å². The molecule has 0 radical (unpaired) electrons. The van der Waals surface area contributed by atoms with Crippen molar-refractivity contribution in [1.82, 2.24) is 9.97 Å². The Balaban J connectivity index is 2.04. The highest BCUT2D eigenvalue weighted by molar-refractivity contribution is 5.12. The summed E-state index contributed by atoms with van der Waals surface area (Å²) in [7, 11) is 0. The van der Waals surface area contributed by atoms with Crippen LogP contribution in [0.2, 0.25) is 0 Å². The topological polar surface area (TPSA) is 25.8 Å². The first-order valence-electron chi connectivity index (χ1n) is 5.06. The molecule has 1 heterocycles. The zero-order valence-electron chi connectivity index (χ0n) is 8.33. The molecule has 0 aromatic carbocycles. The molecule has 0 N–H and O–H groups in total. The van der Waals surface area contributed by atoms with Gasteiger partial charge in [0.05, 0.1) is 11.4 Å². The fourth-order valence-electron chi connectivity index (χ4n) is 1.48. The molecule has 1 fully saturated rings. The average Bonchev–Trinajstić information content (AvgIpc) is 2.87. The van der Waals surface area contributed by atoms with Gasteiger partial charge in [-0.2, -0.15) is 0 Å². The maximum Gasteiger partial charge on any atom is 0.0617 e. The lowest BCUT2D eigenvalue weighted by Crippen LogP contribution is -1.99. The van der Waals surface area contributed by atoms with Crippen molar-refractivity contribution in [1.29, 1.82) is 0 Å². The molecule has 2 rings (SSSR count). The van der Waals surface area contributed by atoms with Gasteiger partial charge in [0.25, 0.3) is 0 Å². The Hall–Kier alpha value is -0.920. The van der Waals surface area contributed by atoms with E-state index < -0.39 is 0 Å². The van der Waals surface area contributed by atoms with E-state index in [4.69, 9.17) is 0 Å². The zero-order valence-corrected chi connectivity index (χ0v) is 8.33. The Labute approximate surface area is 79.4 Å². The van der Waals surface area contributed by atoms with Crippen molar-refractivity contribution in [3.05, 3.63) is 23.8 Å². The summed E-state index contributed by atoms with van der Waals surface area (Å²) in [6.45, 7) is 4.41. The standard InChI is InChI=1S/C11H16N2/c1-8(2)5-10-6-13-11(7-12-10)9-3-4-9/h6-9H,3-5H2,1-2H3. The summed E-state index contributed by atoms with van der Waals surface area (Å²) in [4.78, 5) is 8.85. The Bertz CT molecular complexity index is 273. The minimum atomic E-state index is 0.668. The zero-order chi connectivity index (χ0) is 9.26. The smallest absolute Gasteiger partial charge is 0.0617 e. The van der Waals surface area contributed by atoms with Crippen molar-refractivity contribution in [2.24, 2.45) is 5.92 Å². The predicted molar refractivity (Wildman–Crippen MR) is 52.5 cm³/mol. The average molecular weight is 176 g/mol. The molecule has 2 heteroatoms. The molecule has 0 saturated heterocycles. The molecular weight excluding hydrogens is 160 g/mol. The van der Waals surface area contributed by atoms with Gasteiger partial charge in [-0.15, -0.1) is 0 Å². The van der Waals surface area contributed by atoms with Gasteiger partial charge in [0.15, 0.2) is 0 Å². The molecule has 2 nitrogen and oxygen atoms in total. The van der Waals surface area contributed by atoms with E-state index in [1.807, 2.05) is 12.4 Å². The molecule has 1 saturated carbocycles. The van der Waals surface area contributed by atoms with Crippen LogP contribution in [0.15, 0.2) is 12.4 Å². The summed E-state index contributed by atoms with van der Waals surface area (Å²) in [5, 5.41) is 0. The maximum absolute atomic E-state index is 4.43. The summed E-state index contributed by atoms with van der Waals surface area (Å²) >= 11 is 0. The first-order valence-corrected chi connectivity index (χ1v) is 5.06. The lowest BCUT2D eigenvalue weighted by Gasteiger charge is -2.03. The van der Waals surface area contributed by atoms with E-state index >= 15 is 0 Å². The second kappa shape index (κ2) is 3.44. The van der Waals surface area contributed by atoms with E-state index in [1.54, 1.807) is 0 Å². The first-order chi connectivity index (χ1) is 6.25. The fraction of sp³-hybridized carbons (Fsp3) is 0.636. The molecule has 0 unspecified atom stereocenters. The van der Waals surface area contributed by atoms with Crippen LogP contribution in [0.5, 0.6) is 0 Å². The van der Waals surface area contributed by atoms with Crippen LogP contribution in [0.3, 0.4) is 0 Å². The molecule has 0 aliphatic heterocycles. The van der Waals surface area contributed by atoms with Gasteiger partial charge in [-0.05, 0) is 25.2 Å². The van der Waals surface area contributed by atoms with Crippen LogP contribution in [-0.4, -0.2) is 9.97 Å². The third-order valence-corrected chi connectivity index (χ3v) is 2.34. The maximum atomic E-state index is 4.43. The normalized spacial score (nSPS) is 16.5. The van der Waals surface area contributed by atoms with Crippen LogP contribution >= 0.6 is 0 Å². The predicted octanol–water partition coefficient (Wildman–Crippen LogP) is 2.55. The minimum Gasteiger partial charge on any atom is -0.258 e. The number of rotatable bonds is 3. The monoisotopic (exact) mass is 176 g/mol. The van der Waals surface area contributed by atoms with Crippen LogP contribution < -0.4 is 0 Å². The molecule has 13 heavy (non-hydrogen) atoms. The van der Waals surface area contributed by atoms with Crippen molar-refractivity contribution < 1.29 is 0 Å². The highest BCUT2D eigenvalue weighted by Gasteiger charge is 2.24. The molecule has 0 bridgehead atoms. The van der Waals surface area contributed by atoms with Gasteiger partial charge in [-0.25, -0.2) is 0 Å². The van der Waals surface area contributed by atoms with Crippen molar-refractivity contribution >= 4 is 0 Å². The molecule has 70 valence electrons. The van der Waals surface area contributed by atoms with E-state index in [0.29, 0.717) is 5.92 Å². The van der Waals surface area contributed by atoms with Crippen molar-refractivity contribution in [2.75, 3.05) is 0 Å². The highest BCUT2D eigenvalue weighted by atomic mass is 14.8. The van der Waals surface area contributed by atoms with Crippen LogP contribution in [0, 0.1) is 5.92 Å². The molecule has 1 aromatic rings. The van der Waals surface area contributed by atoms with Crippen LogP contribution in [0.25, 0.3) is 0 Å². The van der Waals surface area contributed by atoms with Gasteiger partial charge >= 0.3 is 0 Å². The van der Waals surface area contributed by atoms with Gasteiger partial charge in [0.1, 0.15) is 0 Å². The lowest BCUT2D eigenvalue weighted by atomic mass is 10.1. The highest BCUT2D eigenvalue weighted by Crippen LogP contribution is 2.38. The molecular formula is C11H16N2. The fourth-order valence-corrected chi connectivity index (χ4v) is 1.48. The SMILES string of the molecule is CC(C)Cc1cnc(C2CC2)cn1. The quantitative estimate of drug-likeness (QED) is 0.707. The second-order valence-corrected chi connectivity index (χ2v) is 4.30. The first kappa shape index (κ1) is 8.67. The lowest BCUT2D eigenvalue weighted by molar-refractivity contribution is 0.632. The third-order valence-electron chi connectivity index (χ3n) is 2.34. The van der Waals surface area contributed by atoms with E-state index in [0.717, 1.165) is 18.0 Å². The van der Waals surface area contributed by atoms with Gasteiger partial charge in [-0.1, -0.05) is 13.8 Å². The molecule has 0 spiro atoms. The number of hydrogen-bond donors (Lipinski definition) is 0. The largest absolute Gasteiger partial charge is 0.258 e. The summed E-state index contributed by atoms with van der Waals surface area (Å²) < 4.78 is 0. The van der Waals surface area contributed by atoms with Crippen molar-refractivity contribution in [3.63, 3.8) is 0 Å². The molecule has 1 aromatic heterocycles. The van der Waals surface area contributed by atoms with E-state index in [9.17, 15) is 0 Å². The molecule has 0 atom stereocenters. The van der Waals surface area contributed by atoms with Crippen molar-refractivity contribution in [2.45, 2.75) is 39.0 Å². The van der Waals surface area contributed by atoms with Crippen molar-refractivity contribution in [3.8, 4) is 0 Å². The molecule has 1 aliphatic rings. The van der Waals surface area contributed by atoms with Crippen LogP contribution in [-0.2, 0) is 6.42 Å². The number of nitrogens with zero attached hydrogens (tertiary/aromatic N) is 2. The minimum absolute atomic E-state index is 0.668. The van der Waals surface area contributed by atoms with Gasteiger partial charge in [-0.3, -0.25) is 9.97 Å². The Kier molecular flexibility index (Phi) is 2.30. The number of hydrogen-bond acceptors (Lipinski definition) is 2. The Morgan fingerprint density at radius 3 is 2.54 bits per heavy atom. The summed E-state index contributed by atoms with van der Waals surface area (Å²) in [5.74, 6) is 1.39. The van der Waals surface area contributed by atoms with E-state index in [1.165, 1.54) is 18.5 Å². The van der Waals surface area contributed by atoms with E-state index in [-0.39, 0.29) is 0 Å². The molecule has 1 aliphatic carbocycles. The van der Waals surface area contributed by atoms with Gasteiger partial charge in [0, 0.05) is 18.3 Å². The summed E-state index contributed by atoms with van der Waals surface area (Å²) in [6, 6.07) is 0. The summed E-state index contributed by atoms with van der Waals surface area (Å²) in [5.41, 5.74) is 2.31. The number of aromatic nitrogens is 2. The third kappa shape index (κ3) is 2.27. The second-order valence-electron chi connectivity index (χ2n) is 4.30. The van der Waals surface area contributed by atoms with Gasteiger partial charge in [0.2, 0.25) is 0 Å². The Morgan fingerprint density at radius 2 is 2.08 bits per heavy atom.